The molecular weight excluding hydrogens is 200 g/mol. The van der Waals surface area contributed by atoms with E-state index in [1.807, 2.05) is 6.07 Å². The van der Waals surface area contributed by atoms with Crippen LogP contribution in [0.25, 0.3) is 0 Å². The van der Waals surface area contributed by atoms with Crippen molar-refractivity contribution < 1.29 is 4.42 Å². The molecule has 0 aliphatic carbocycles. The van der Waals surface area contributed by atoms with Crippen LogP contribution in [-0.4, -0.2) is 30.1 Å². The predicted molar refractivity (Wildman–Crippen MR) is 63.3 cm³/mol. The summed E-state index contributed by atoms with van der Waals surface area (Å²) in [7, 11) is 0. The van der Waals surface area contributed by atoms with E-state index in [0.29, 0.717) is 12.1 Å². The van der Waals surface area contributed by atoms with Gasteiger partial charge in [-0.2, -0.15) is 0 Å². The van der Waals surface area contributed by atoms with Crippen LogP contribution in [0.2, 0.25) is 0 Å². The molecule has 88 valence electrons. The van der Waals surface area contributed by atoms with Gasteiger partial charge in [-0.15, -0.1) is 0 Å². The van der Waals surface area contributed by atoms with Crippen molar-refractivity contribution in [3.8, 4) is 0 Å². The maximum Gasteiger partial charge on any atom is 0.120 e. The van der Waals surface area contributed by atoms with Gasteiger partial charge in [0, 0.05) is 18.6 Å². The van der Waals surface area contributed by atoms with E-state index >= 15 is 0 Å². The second-order valence-electron chi connectivity index (χ2n) is 5.04. The van der Waals surface area contributed by atoms with Crippen molar-refractivity contribution >= 4 is 0 Å². The number of rotatable bonds is 3. The Balaban J connectivity index is 1.62. The number of hydrogen-bond acceptors (Lipinski definition) is 3. The molecule has 0 saturated carbocycles. The zero-order valence-electron chi connectivity index (χ0n) is 9.86. The minimum absolute atomic E-state index is 0.334. The van der Waals surface area contributed by atoms with Gasteiger partial charge in [-0.25, -0.2) is 0 Å². The van der Waals surface area contributed by atoms with Crippen molar-refractivity contribution in [3.63, 3.8) is 0 Å². The molecule has 3 heterocycles. The topological polar surface area (TPSA) is 28.4 Å². The van der Waals surface area contributed by atoms with Gasteiger partial charge < -0.3 is 9.73 Å². The molecule has 1 aromatic rings. The first-order valence-electron chi connectivity index (χ1n) is 6.38. The Morgan fingerprint density at radius 1 is 1.44 bits per heavy atom. The van der Waals surface area contributed by atoms with E-state index in [2.05, 4.69) is 23.2 Å². The Morgan fingerprint density at radius 2 is 2.38 bits per heavy atom. The molecule has 1 aromatic heterocycles. The number of nitrogens with zero attached hydrogens (tertiary/aromatic N) is 1. The zero-order valence-corrected chi connectivity index (χ0v) is 9.86. The fourth-order valence-electron chi connectivity index (χ4n) is 3.22. The molecule has 3 heteroatoms. The van der Waals surface area contributed by atoms with Crippen LogP contribution in [0.3, 0.4) is 0 Å². The van der Waals surface area contributed by atoms with Crippen molar-refractivity contribution in [2.45, 2.75) is 44.3 Å². The lowest BCUT2D eigenvalue weighted by molar-refractivity contribution is 0.284. The summed E-state index contributed by atoms with van der Waals surface area (Å²) in [5.74, 6) is 1.05. The monoisotopic (exact) mass is 220 g/mol. The molecule has 0 spiro atoms. The molecule has 2 saturated heterocycles. The molecule has 2 aliphatic heterocycles. The summed E-state index contributed by atoms with van der Waals surface area (Å²) in [5.41, 5.74) is 0. The Labute approximate surface area is 96.8 Å². The van der Waals surface area contributed by atoms with Crippen LogP contribution < -0.4 is 5.32 Å². The molecule has 2 unspecified atom stereocenters. The van der Waals surface area contributed by atoms with Gasteiger partial charge in [-0.1, -0.05) is 0 Å². The van der Waals surface area contributed by atoms with Gasteiger partial charge in [0.2, 0.25) is 0 Å². The number of nitrogens with one attached hydrogen (secondary N) is 1. The van der Waals surface area contributed by atoms with Crippen molar-refractivity contribution in [2.75, 3.05) is 13.1 Å². The van der Waals surface area contributed by atoms with Gasteiger partial charge in [0.1, 0.15) is 5.76 Å². The first-order chi connectivity index (χ1) is 7.84. The number of hydrogen-bond donors (Lipinski definition) is 1. The van der Waals surface area contributed by atoms with E-state index in [0.717, 1.165) is 11.8 Å². The van der Waals surface area contributed by atoms with Gasteiger partial charge in [-0.3, -0.25) is 4.90 Å². The van der Waals surface area contributed by atoms with Crippen molar-refractivity contribution in [3.05, 3.63) is 24.2 Å². The van der Waals surface area contributed by atoms with Crippen molar-refractivity contribution in [1.29, 1.82) is 0 Å². The zero-order chi connectivity index (χ0) is 11.0. The third-order valence-electron chi connectivity index (χ3n) is 4.04. The molecular formula is C13H20N2O. The molecule has 1 N–H and O–H groups in total. The molecule has 16 heavy (non-hydrogen) atoms. The van der Waals surface area contributed by atoms with E-state index in [1.165, 1.54) is 32.4 Å². The summed E-state index contributed by atoms with van der Waals surface area (Å²) < 4.78 is 5.44. The first-order valence-corrected chi connectivity index (χ1v) is 6.38. The van der Waals surface area contributed by atoms with Crippen LogP contribution in [0.1, 0.15) is 38.0 Å². The third-order valence-corrected chi connectivity index (χ3v) is 4.04. The Hall–Kier alpha value is -0.800. The van der Waals surface area contributed by atoms with Crippen LogP contribution in [-0.2, 0) is 0 Å². The van der Waals surface area contributed by atoms with Crippen LogP contribution in [0.5, 0.6) is 0 Å². The summed E-state index contributed by atoms with van der Waals surface area (Å²) in [6.07, 6.45) is 5.78. The number of fused-ring (bicyclic) bond motifs is 1. The Bertz CT molecular complexity index is 336. The quantitative estimate of drug-likeness (QED) is 0.846. The third kappa shape index (κ3) is 1.78. The highest BCUT2D eigenvalue weighted by atomic mass is 16.3. The van der Waals surface area contributed by atoms with E-state index in [-0.39, 0.29) is 0 Å². The second kappa shape index (κ2) is 4.22. The standard InChI is InChI=1S/C13H20N2O/c1-10(13-5-3-9-16-13)14-11-6-8-15-7-2-4-12(11)15/h3,5,9-12,14H,2,4,6-8H2,1H3/t10-,11?,12?/m1/s1. The SMILES string of the molecule is C[C@@H](NC1CCN2CCCC12)c1ccco1. The summed E-state index contributed by atoms with van der Waals surface area (Å²) >= 11 is 0. The Morgan fingerprint density at radius 3 is 3.19 bits per heavy atom. The van der Waals surface area contributed by atoms with Crippen molar-refractivity contribution in [2.24, 2.45) is 0 Å². The molecule has 2 fully saturated rings. The summed E-state index contributed by atoms with van der Waals surface area (Å²) in [4.78, 5) is 2.63. The normalized spacial score (nSPS) is 31.8. The van der Waals surface area contributed by atoms with E-state index in [1.54, 1.807) is 6.26 Å². The highest BCUT2D eigenvalue weighted by Crippen LogP contribution is 2.29. The van der Waals surface area contributed by atoms with E-state index < -0.39 is 0 Å². The van der Waals surface area contributed by atoms with Crippen molar-refractivity contribution in [1.82, 2.24) is 10.2 Å². The Kier molecular flexibility index (Phi) is 2.74. The lowest BCUT2D eigenvalue weighted by atomic mass is 10.1. The van der Waals surface area contributed by atoms with E-state index in [4.69, 9.17) is 4.42 Å². The average Bonchev–Trinajstić information content (AvgIpc) is 2.94. The average molecular weight is 220 g/mol. The predicted octanol–water partition coefficient (Wildman–Crippen LogP) is 2.17. The van der Waals surface area contributed by atoms with Gasteiger partial charge in [0.05, 0.1) is 12.3 Å². The lowest BCUT2D eigenvalue weighted by Crippen LogP contribution is -2.40. The smallest absolute Gasteiger partial charge is 0.120 e. The fraction of sp³-hybridized carbons (Fsp3) is 0.692. The molecule has 0 bridgehead atoms. The number of furan rings is 1. The van der Waals surface area contributed by atoms with Crippen LogP contribution in [0.15, 0.2) is 22.8 Å². The lowest BCUT2D eigenvalue weighted by Gasteiger charge is -2.24. The molecule has 3 rings (SSSR count). The van der Waals surface area contributed by atoms with Crippen LogP contribution >= 0.6 is 0 Å². The van der Waals surface area contributed by atoms with Crippen LogP contribution in [0, 0.1) is 0 Å². The maximum absolute atomic E-state index is 5.44. The molecule has 0 amide bonds. The molecule has 0 radical (unpaired) electrons. The highest BCUT2D eigenvalue weighted by Gasteiger charge is 2.37. The van der Waals surface area contributed by atoms with Gasteiger partial charge in [-0.05, 0) is 44.9 Å². The van der Waals surface area contributed by atoms with Gasteiger partial charge in [0.25, 0.3) is 0 Å². The molecule has 3 atom stereocenters. The van der Waals surface area contributed by atoms with Gasteiger partial charge in [0.15, 0.2) is 0 Å². The first kappa shape index (κ1) is 10.4. The largest absolute Gasteiger partial charge is 0.468 e. The minimum atomic E-state index is 0.334. The molecule has 2 aliphatic rings. The van der Waals surface area contributed by atoms with Crippen LogP contribution in [0.4, 0.5) is 0 Å². The molecule has 0 aromatic carbocycles. The molecule has 3 nitrogen and oxygen atoms in total. The fourth-order valence-corrected chi connectivity index (χ4v) is 3.22. The summed E-state index contributed by atoms with van der Waals surface area (Å²) in [5, 5.41) is 3.72. The highest BCUT2D eigenvalue weighted by molar-refractivity contribution is 5.05. The maximum atomic E-state index is 5.44. The van der Waals surface area contributed by atoms with E-state index in [9.17, 15) is 0 Å². The summed E-state index contributed by atoms with van der Waals surface area (Å²) in [6.45, 7) is 4.77. The minimum Gasteiger partial charge on any atom is -0.468 e. The van der Waals surface area contributed by atoms with Gasteiger partial charge >= 0.3 is 0 Å². The summed E-state index contributed by atoms with van der Waals surface area (Å²) in [6, 6.07) is 5.78. The second-order valence-corrected chi connectivity index (χ2v) is 5.04.